The van der Waals surface area contributed by atoms with Crippen LogP contribution in [0, 0.1) is 11.7 Å². The van der Waals surface area contributed by atoms with Crippen LogP contribution in [0.5, 0.6) is 5.75 Å². The van der Waals surface area contributed by atoms with Gasteiger partial charge in [0.2, 0.25) is 0 Å². The molecule has 1 N–H and O–H groups in total. The maximum Gasteiger partial charge on any atom is 0.272 e. The van der Waals surface area contributed by atoms with Crippen molar-refractivity contribution < 1.29 is 13.9 Å². The van der Waals surface area contributed by atoms with Crippen LogP contribution in [0.1, 0.15) is 70.5 Å². The number of carbonyl (C=O) groups is 1. The Labute approximate surface area is 200 Å². The number of nitrogens with one attached hydrogen (secondary N) is 1. The number of aliphatic imine (C=N–C) groups is 1. The number of rotatable bonds is 7. The van der Waals surface area contributed by atoms with Gasteiger partial charge in [-0.05, 0) is 63.3 Å². The van der Waals surface area contributed by atoms with Crippen LogP contribution in [-0.4, -0.2) is 40.7 Å². The predicted molar refractivity (Wildman–Crippen MR) is 131 cm³/mol. The molecule has 1 amide bonds. The van der Waals surface area contributed by atoms with E-state index in [-0.39, 0.29) is 23.8 Å². The summed E-state index contributed by atoms with van der Waals surface area (Å²) in [5.74, 6) is 0.954. The monoisotopic (exact) mass is 464 g/mol. The molecule has 6 nitrogen and oxygen atoms in total. The van der Waals surface area contributed by atoms with E-state index in [4.69, 9.17) is 9.73 Å². The first-order valence-electron chi connectivity index (χ1n) is 12.4. The fourth-order valence-electron chi connectivity index (χ4n) is 4.69. The van der Waals surface area contributed by atoms with E-state index >= 15 is 4.39 Å². The van der Waals surface area contributed by atoms with E-state index in [0.29, 0.717) is 41.9 Å². The molecule has 3 aliphatic heterocycles. The Kier molecular flexibility index (Phi) is 5.96. The van der Waals surface area contributed by atoms with Crippen molar-refractivity contribution in [2.45, 2.75) is 65.5 Å². The Morgan fingerprint density at radius 1 is 1.32 bits per heavy atom. The van der Waals surface area contributed by atoms with Gasteiger partial charge in [0.15, 0.2) is 11.6 Å². The lowest BCUT2D eigenvalue weighted by Gasteiger charge is -2.40. The van der Waals surface area contributed by atoms with E-state index < -0.39 is 0 Å². The number of hydrogen-bond acceptors (Lipinski definition) is 5. The first-order chi connectivity index (χ1) is 16.4. The van der Waals surface area contributed by atoms with Gasteiger partial charge < -0.3 is 9.64 Å². The molecule has 2 unspecified atom stereocenters. The van der Waals surface area contributed by atoms with Crippen LogP contribution in [0.3, 0.4) is 0 Å². The number of hydrazine groups is 1. The van der Waals surface area contributed by atoms with Gasteiger partial charge >= 0.3 is 0 Å². The number of ether oxygens (including phenoxy) is 1. The van der Waals surface area contributed by atoms with E-state index in [1.165, 1.54) is 0 Å². The van der Waals surface area contributed by atoms with Crippen molar-refractivity contribution in [1.82, 2.24) is 15.3 Å². The van der Waals surface area contributed by atoms with Crippen LogP contribution in [0.2, 0.25) is 0 Å². The molecule has 2 atom stereocenters. The molecule has 1 saturated carbocycles. The molecule has 0 spiro atoms. The average Bonchev–Trinajstić information content (AvgIpc) is 3.67. The number of benzene rings is 1. The largest absolute Gasteiger partial charge is 0.486 e. The Morgan fingerprint density at radius 2 is 2.12 bits per heavy atom. The number of nitrogens with zero attached hydrogens (tertiary/aromatic N) is 3. The van der Waals surface area contributed by atoms with Gasteiger partial charge in [-0.2, -0.15) is 0 Å². The highest BCUT2D eigenvalue weighted by atomic mass is 19.1. The highest BCUT2D eigenvalue weighted by molar-refractivity contribution is 6.43. The van der Waals surface area contributed by atoms with Crippen molar-refractivity contribution >= 4 is 17.7 Å². The van der Waals surface area contributed by atoms with Crippen molar-refractivity contribution in [3.8, 4) is 5.75 Å². The lowest BCUT2D eigenvalue weighted by molar-refractivity contribution is -0.126. The first-order valence-corrected chi connectivity index (χ1v) is 12.4. The predicted octanol–water partition coefficient (Wildman–Crippen LogP) is 5.11. The SMILES string of the molecule is CCCN(C(=O)C1=NC2=CC(c3ccc4c(c3F)OCC(C)=C4)N2NC(C2CC2)=C1)C(C)CC. The number of hydrogen-bond donors (Lipinski definition) is 1. The van der Waals surface area contributed by atoms with Gasteiger partial charge in [-0.15, -0.1) is 0 Å². The van der Waals surface area contributed by atoms with Gasteiger partial charge in [0.05, 0.1) is 0 Å². The highest BCUT2D eigenvalue weighted by Crippen LogP contribution is 2.44. The standard InChI is InChI=1S/C27H33FN4O2/c1-5-11-31(17(4)6-2)27(33)22-13-21(18-7-8-18)30-32-23(14-24(32)29-22)20-10-9-19-12-16(3)15-34-26(19)25(20)28/h9-10,12-14,17-18,23,30H,5-8,11,15H2,1-4H3. The molecular weight excluding hydrogens is 431 g/mol. The molecule has 0 aromatic heterocycles. The summed E-state index contributed by atoms with van der Waals surface area (Å²) in [6.07, 6.45) is 9.72. The summed E-state index contributed by atoms with van der Waals surface area (Å²) in [4.78, 5) is 20.1. The summed E-state index contributed by atoms with van der Waals surface area (Å²) >= 11 is 0. The second-order valence-corrected chi connectivity index (χ2v) is 9.74. The third-order valence-corrected chi connectivity index (χ3v) is 7.02. The van der Waals surface area contributed by atoms with Gasteiger partial charge in [-0.3, -0.25) is 15.2 Å². The molecular formula is C27H33FN4O2. The molecule has 4 aliphatic rings. The zero-order valence-electron chi connectivity index (χ0n) is 20.4. The van der Waals surface area contributed by atoms with Crippen LogP contribution in [0.15, 0.2) is 46.4 Å². The van der Waals surface area contributed by atoms with Crippen molar-refractivity contribution in [2.24, 2.45) is 10.9 Å². The summed E-state index contributed by atoms with van der Waals surface area (Å²) in [6.45, 7) is 9.33. The van der Waals surface area contributed by atoms with E-state index in [1.807, 2.05) is 47.2 Å². The van der Waals surface area contributed by atoms with Crippen LogP contribution in [-0.2, 0) is 4.79 Å². The Hall–Kier alpha value is -3.09. The summed E-state index contributed by atoms with van der Waals surface area (Å²) in [7, 11) is 0. The lowest BCUT2D eigenvalue weighted by atomic mass is 9.97. The molecule has 0 bridgehead atoms. The number of carbonyl (C=O) groups excluding carboxylic acids is 1. The van der Waals surface area contributed by atoms with Crippen LogP contribution >= 0.6 is 0 Å². The maximum absolute atomic E-state index is 15.5. The fourth-order valence-corrected chi connectivity index (χ4v) is 4.69. The maximum atomic E-state index is 15.5. The molecule has 1 aliphatic carbocycles. The van der Waals surface area contributed by atoms with Gasteiger partial charge in [-0.1, -0.05) is 26.0 Å². The van der Waals surface area contributed by atoms with E-state index in [1.54, 1.807) is 0 Å². The van der Waals surface area contributed by atoms with Crippen LogP contribution in [0.25, 0.3) is 6.08 Å². The van der Waals surface area contributed by atoms with Crippen molar-refractivity contribution in [3.63, 3.8) is 0 Å². The summed E-state index contributed by atoms with van der Waals surface area (Å²) in [5.41, 5.74) is 7.26. The quantitative estimate of drug-likeness (QED) is 0.609. The Balaban J connectivity index is 1.48. The Bertz CT molecular complexity index is 1130. The van der Waals surface area contributed by atoms with Gasteiger partial charge in [0.1, 0.15) is 24.2 Å². The van der Waals surface area contributed by atoms with Crippen molar-refractivity contribution in [1.29, 1.82) is 0 Å². The van der Waals surface area contributed by atoms with Gasteiger partial charge in [0.25, 0.3) is 5.91 Å². The first kappa shape index (κ1) is 22.7. The van der Waals surface area contributed by atoms with Crippen molar-refractivity contribution in [2.75, 3.05) is 13.2 Å². The average molecular weight is 465 g/mol. The van der Waals surface area contributed by atoms with E-state index in [9.17, 15) is 4.79 Å². The number of amides is 1. The summed E-state index contributed by atoms with van der Waals surface area (Å²) in [6, 6.07) is 3.55. The van der Waals surface area contributed by atoms with Gasteiger partial charge in [0, 0.05) is 35.3 Å². The topological polar surface area (TPSA) is 57.2 Å². The van der Waals surface area contributed by atoms with E-state index in [2.05, 4.69) is 26.2 Å². The third kappa shape index (κ3) is 4.01. The smallest absolute Gasteiger partial charge is 0.272 e. The van der Waals surface area contributed by atoms with Gasteiger partial charge in [-0.25, -0.2) is 9.38 Å². The lowest BCUT2D eigenvalue weighted by Crippen LogP contribution is -2.44. The molecule has 7 heteroatoms. The second kappa shape index (κ2) is 8.93. The molecule has 1 aromatic carbocycles. The summed E-state index contributed by atoms with van der Waals surface area (Å²) in [5, 5.41) is 1.88. The molecule has 0 saturated heterocycles. The number of allylic oxidation sites excluding steroid dienone is 1. The molecule has 5 rings (SSSR count). The minimum absolute atomic E-state index is 0.0436. The Morgan fingerprint density at radius 3 is 2.82 bits per heavy atom. The molecule has 0 radical (unpaired) electrons. The number of halogens is 1. The number of fused-ring (bicyclic) bond motifs is 2. The van der Waals surface area contributed by atoms with E-state index in [0.717, 1.165) is 42.5 Å². The molecule has 180 valence electrons. The summed E-state index contributed by atoms with van der Waals surface area (Å²) < 4.78 is 21.1. The molecule has 1 aromatic rings. The van der Waals surface area contributed by atoms with Crippen molar-refractivity contribution in [3.05, 3.63) is 58.3 Å². The molecule has 1 fully saturated rings. The van der Waals surface area contributed by atoms with Crippen LogP contribution in [0.4, 0.5) is 4.39 Å². The zero-order chi connectivity index (χ0) is 24.0. The minimum atomic E-state index is -0.337. The zero-order valence-corrected chi connectivity index (χ0v) is 20.4. The minimum Gasteiger partial charge on any atom is -0.486 e. The normalized spacial score (nSPS) is 21.8. The van der Waals surface area contributed by atoms with Crippen LogP contribution < -0.4 is 10.2 Å². The fraction of sp³-hybridized carbons (Fsp3) is 0.481. The molecule has 3 heterocycles. The second-order valence-electron chi connectivity index (χ2n) is 9.74. The molecule has 34 heavy (non-hydrogen) atoms. The third-order valence-electron chi connectivity index (χ3n) is 7.02. The highest BCUT2D eigenvalue weighted by Gasteiger charge is 2.39.